The average Bonchev–Trinajstić information content (AvgIpc) is 2.70. The van der Waals surface area contributed by atoms with E-state index in [2.05, 4.69) is 60.7 Å². The lowest BCUT2D eigenvalue weighted by atomic mass is 10.1. The minimum absolute atomic E-state index is 0.00157. The van der Waals surface area contributed by atoms with Gasteiger partial charge in [-0.3, -0.25) is 20.2 Å². The number of thiocarbonyl (C=S) groups is 1. The van der Waals surface area contributed by atoms with E-state index in [9.17, 15) is 9.59 Å². The molecule has 30 heavy (non-hydrogen) atoms. The molecule has 1 aliphatic heterocycles. The number of rotatable bonds is 4. The van der Waals surface area contributed by atoms with E-state index < -0.39 is 11.8 Å². The maximum Gasteiger partial charge on any atom is 0.263 e. The Morgan fingerprint density at radius 3 is 2.27 bits per heavy atom. The number of carbonyl (C=O) groups excluding carboxylic acids is 2. The first-order chi connectivity index (χ1) is 14.4. The molecule has 1 heterocycles. The van der Waals surface area contributed by atoms with Crippen LogP contribution in [0.1, 0.15) is 11.1 Å². The fraction of sp³-hybridized carbons (Fsp3) is 0.0455. The molecule has 0 aromatic heterocycles. The molecule has 1 aliphatic rings. The van der Waals surface area contributed by atoms with Crippen LogP contribution in [0.4, 0.5) is 0 Å². The SMILES string of the molecule is O=C1NC(=S)NC(=O)C1=Cc1cc(Br)c(OCc2cccc3ccccc23)c(Br)c1. The number of halogens is 2. The lowest BCUT2D eigenvalue weighted by molar-refractivity contribution is -0.123. The first-order valence-electron chi connectivity index (χ1n) is 8.89. The number of nitrogens with one attached hydrogen (secondary N) is 2. The Bertz CT molecular complexity index is 1190. The van der Waals surface area contributed by atoms with E-state index >= 15 is 0 Å². The molecule has 0 radical (unpaired) electrons. The van der Waals surface area contributed by atoms with Gasteiger partial charge in [0, 0.05) is 0 Å². The van der Waals surface area contributed by atoms with Gasteiger partial charge in [0.1, 0.15) is 17.9 Å². The number of amides is 2. The average molecular weight is 546 g/mol. The molecule has 0 saturated carbocycles. The van der Waals surface area contributed by atoms with Crippen molar-refractivity contribution >= 4 is 77.9 Å². The van der Waals surface area contributed by atoms with Gasteiger partial charge < -0.3 is 4.74 Å². The molecule has 0 atom stereocenters. The Kier molecular flexibility index (Phi) is 5.99. The predicted octanol–water partition coefficient (Wildman–Crippen LogP) is 4.86. The van der Waals surface area contributed by atoms with Gasteiger partial charge in [-0.1, -0.05) is 42.5 Å². The van der Waals surface area contributed by atoms with Gasteiger partial charge in [0.15, 0.2) is 5.11 Å². The number of fused-ring (bicyclic) bond motifs is 1. The molecule has 1 saturated heterocycles. The highest BCUT2D eigenvalue weighted by Gasteiger charge is 2.25. The van der Waals surface area contributed by atoms with E-state index in [4.69, 9.17) is 17.0 Å². The second-order valence-corrected chi connectivity index (χ2v) is 8.65. The van der Waals surface area contributed by atoms with Crippen LogP contribution in [-0.2, 0) is 16.2 Å². The third-order valence-electron chi connectivity index (χ3n) is 4.53. The van der Waals surface area contributed by atoms with Crippen LogP contribution in [0, 0.1) is 0 Å². The smallest absolute Gasteiger partial charge is 0.263 e. The van der Waals surface area contributed by atoms with Crippen LogP contribution >= 0.6 is 44.1 Å². The fourth-order valence-electron chi connectivity index (χ4n) is 3.14. The summed E-state index contributed by atoms with van der Waals surface area (Å²) in [6.07, 6.45) is 1.50. The lowest BCUT2D eigenvalue weighted by Crippen LogP contribution is -2.51. The van der Waals surface area contributed by atoms with Gasteiger partial charge in [0.2, 0.25) is 0 Å². The van der Waals surface area contributed by atoms with Crippen LogP contribution in [-0.4, -0.2) is 16.9 Å². The molecule has 3 aromatic carbocycles. The summed E-state index contributed by atoms with van der Waals surface area (Å²) in [6, 6.07) is 17.8. The summed E-state index contributed by atoms with van der Waals surface area (Å²) in [7, 11) is 0. The zero-order valence-corrected chi connectivity index (χ0v) is 19.4. The van der Waals surface area contributed by atoms with E-state index in [1.807, 2.05) is 24.3 Å². The van der Waals surface area contributed by atoms with Crippen molar-refractivity contribution in [1.82, 2.24) is 10.6 Å². The molecule has 8 heteroatoms. The van der Waals surface area contributed by atoms with Crippen molar-refractivity contribution in [2.75, 3.05) is 0 Å². The molecule has 0 unspecified atom stereocenters. The highest BCUT2D eigenvalue weighted by Crippen LogP contribution is 2.36. The molecule has 150 valence electrons. The zero-order valence-electron chi connectivity index (χ0n) is 15.4. The Hall–Kier alpha value is -2.55. The quantitative estimate of drug-likeness (QED) is 0.279. The van der Waals surface area contributed by atoms with Crippen molar-refractivity contribution in [1.29, 1.82) is 0 Å². The minimum Gasteiger partial charge on any atom is -0.487 e. The van der Waals surface area contributed by atoms with Crippen molar-refractivity contribution in [3.05, 3.63) is 80.2 Å². The van der Waals surface area contributed by atoms with Crippen molar-refractivity contribution in [2.45, 2.75) is 6.61 Å². The monoisotopic (exact) mass is 544 g/mol. The largest absolute Gasteiger partial charge is 0.487 e. The Morgan fingerprint density at radius 2 is 1.57 bits per heavy atom. The molecule has 2 amide bonds. The molecule has 3 aromatic rings. The Balaban J connectivity index is 1.59. The standard InChI is InChI=1S/C22H14Br2N2O3S/c23-17-9-12(8-16-20(27)25-22(30)26-21(16)28)10-18(24)19(17)29-11-14-6-3-5-13-4-1-2-7-15(13)14/h1-10H,11H2,(H2,25,26,27,28,30). The normalized spacial score (nSPS) is 13.8. The third-order valence-corrected chi connectivity index (χ3v) is 5.91. The summed E-state index contributed by atoms with van der Waals surface area (Å²) in [5.41, 5.74) is 1.70. The van der Waals surface area contributed by atoms with Gasteiger partial charge in [-0.25, -0.2) is 0 Å². The Labute approximate surface area is 194 Å². The molecule has 5 nitrogen and oxygen atoms in total. The van der Waals surface area contributed by atoms with Crippen molar-refractivity contribution in [3.8, 4) is 5.75 Å². The highest BCUT2D eigenvalue weighted by molar-refractivity contribution is 9.11. The summed E-state index contributed by atoms with van der Waals surface area (Å²) in [4.78, 5) is 24.1. The maximum absolute atomic E-state index is 12.0. The minimum atomic E-state index is -0.535. The summed E-state index contributed by atoms with van der Waals surface area (Å²) < 4.78 is 7.45. The first-order valence-corrected chi connectivity index (χ1v) is 10.9. The summed E-state index contributed by atoms with van der Waals surface area (Å²) in [6.45, 7) is 0.390. The van der Waals surface area contributed by atoms with Crippen LogP contribution in [0.3, 0.4) is 0 Å². The molecule has 4 rings (SSSR count). The van der Waals surface area contributed by atoms with Crippen LogP contribution in [0.15, 0.2) is 69.1 Å². The number of hydrogen-bond donors (Lipinski definition) is 2. The first kappa shape index (κ1) is 20.7. The van der Waals surface area contributed by atoms with Crippen LogP contribution in [0.25, 0.3) is 16.8 Å². The van der Waals surface area contributed by atoms with Gasteiger partial charge in [0.05, 0.1) is 8.95 Å². The second-order valence-electron chi connectivity index (χ2n) is 6.54. The van der Waals surface area contributed by atoms with Gasteiger partial charge in [0.25, 0.3) is 11.8 Å². The lowest BCUT2D eigenvalue weighted by Gasteiger charge is -2.17. The highest BCUT2D eigenvalue weighted by atomic mass is 79.9. The molecular formula is C22H14Br2N2O3S. The second kappa shape index (κ2) is 8.67. The van der Waals surface area contributed by atoms with E-state index in [-0.39, 0.29) is 10.7 Å². The fourth-order valence-corrected chi connectivity index (χ4v) is 4.78. The molecule has 0 spiro atoms. The molecule has 2 N–H and O–H groups in total. The summed E-state index contributed by atoms with van der Waals surface area (Å²) >= 11 is 11.9. The predicted molar refractivity (Wildman–Crippen MR) is 127 cm³/mol. The number of hydrogen-bond acceptors (Lipinski definition) is 4. The van der Waals surface area contributed by atoms with E-state index in [1.165, 1.54) is 6.08 Å². The van der Waals surface area contributed by atoms with E-state index in [0.29, 0.717) is 26.9 Å². The number of benzene rings is 3. The molecule has 1 fully saturated rings. The van der Waals surface area contributed by atoms with Crippen LogP contribution in [0.5, 0.6) is 5.75 Å². The van der Waals surface area contributed by atoms with Gasteiger partial charge >= 0.3 is 0 Å². The third kappa shape index (κ3) is 4.30. The molecule has 0 aliphatic carbocycles. The summed E-state index contributed by atoms with van der Waals surface area (Å²) in [5, 5.41) is 7.13. The molecular weight excluding hydrogens is 532 g/mol. The van der Waals surface area contributed by atoms with E-state index in [0.717, 1.165) is 16.3 Å². The van der Waals surface area contributed by atoms with Crippen molar-refractivity contribution in [3.63, 3.8) is 0 Å². The molecule has 0 bridgehead atoms. The maximum atomic E-state index is 12.0. The Morgan fingerprint density at radius 1 is 0.933 bits per heavy atom. The zero-order chi connectivity index (χ0) is 21.3. The number of carbonyl (C=O) groups is 2. The van der Waals surface area contributed by atoms with Gasteiger partial charge in [-0.15, -0.1) is 0 Å². The van der Waals surface area contributed by atoms with Crippen LogP contribution in [0.2, 0.25) is 0 Å². The van der Waals surface area contributed by atoms with E-state index in [1.54, 1.807) is 12.1 Å². The van der Waals surface area contributed by atoms with Crippen molar-refractivity contribution in [2.24, 2.45) is 0 Å². The van der Waals surface area contributed by atoms with Crippen LogP contribution < -0.4 is 15.4 Å². The topological polar surface area (TPSA) is 67.4 Å². The van der Waals surface area contributed by atoms with Crippen molar-refractivity contribution < 1.29 is 14.3 Å². The number of ether oxygens (including phenoxy) is 1. The van der Waals surface area contributed by atoms with Gasteiger partial charge in [-0.05, 0) is 84.2 Å². The van der Waals surface area contributed by atoms with Gasteiger partial charge in [-0.2, -0.15) is 0 Å². The summed E-state index contributed by atoms with van der Waals surface area (Å²) in [5.74, 6) is -0.441.